The van der Waals surface area contributed by atoms with Crippen molar-refractivity contribution in [3.63, 3.8) is 0 Å². The summed E-state index contributed by atoms with van der Waals surface area (Å²) in [4.78, 5) is 14.4. The monoisotopic (exact) mass is 398 g/mol. The van der Waals surface area contributed by atoms with Gasteiger partial charge in [0, 0.05) is 6.54 Å². The van der Waals surface area contributed by atoms with Gasteiger partial charge in [-0.2, -0.15) is 0 Å². The molecule has 1 aromatic rings. The maximum Gasteiger partial charge on any atom is 0.411 e. The van der Waals surface area contributed by atoms with E-state index in [-0.39, 0.29) is 12.4 Å². The number of anilines is 1. The molecule has 0 aliphatic carbocycles. The third-order valence-electron chi connectivity index (χ3n) is 4.72. The van der Waals surface area contributed by atoms with Crippen LogP contribution >= 0.6 is 12.4 Å². The highest BCUT2D eigenvalue weighted by Gasteiger charge is 2.12. The highest BCUT2D eigenvalue weighted by atomic mass is 35.5. The number of unbranched alkanes of at least 4 members (excludes halogenated alkanes) is 4. The molecule has 1 aromatic carbocycles. The average molecular weight is 399 g/mol. The standard InChI is InChI=1S/C21H34N2O3.ClH/c1-2-3-4-5-11-17-25-20-13-8-7-12-19(20)22-21(24)26-18-16-23-14-9-6-10-15-23;/h7-8,12-13H,2-6,9-11,14-18H2,1H3,(H,22,24);1H. The summed E-state index contributed by atoms with van der Waals surface area (Å²) in [6, 6.07) is 7.53. The minimum absolute atomic E-state index is 0. The molecule has 5 nitrogen and oxygen atoms in total. The Labute approximate surface area is 170 Å². The Morgan fingerprint density at radius 3 is 2.56 bits per heavy atom. The van der Waals surface area contributed by atoms with E-state index in [9.17, 15) is 4.79 Å². The molecule has 0 radical (unpaired) electrons. The third kappa shape index (κ3) is 9.87. The van der Waals surface area contributed by atoms with Gasteiger partial charge in [-0.05, 0) is 44.5 Å². The summed E-state index contributed by atoms with van der Waals surface area (Å²) >= 11 is 0. The number of likely N-dealkylation sites (tertiary alicyclic amines) is 1. The highest BCUT2D eigenvalue weighted by Crippen LogP contribution is 2.24. The molecule has 0 atom stereocenters. The van der Waals surface area contributed by atoms with Crippen LogP contribution in [0.15, 0.2) is 24.3 Å². The number of piperidine rings is 1. The van der Waals surface area contributed by atoms with Gasteiger partial charge in [-0.3, -0.25) is 10.2 Å². The van der Waals surface area contributed by atoms with E-state index in [4.69, 9.17) is 9.47 Å². The second kappa shape index (κ2) is 14.6. The quantitative estimate of drug-likeness (QED) is 0.500. The van der Waals surface area contributed by atoms with Crippen molar-refractivity contribution in [1.82, 2.24) is 4.90 Å². The Bertz CT molecular complexity index is 522. The molecule has 0 saturated carbocycles. The van der Waals surface area contributed by atoms with Gasteiger partial charge in [0.2, 0.25) is 0 Å². The van der Waals surface area contributed by atoms with Crippen LogP contribution in [0.3, 0.4) is 0 Å². The van der Waals surface area contributed by atoms with Gasteiger partial charge in [0.05, 0.1) is 12.3 Å². The van der Waals surface area contributed by atoms with Gasteiger partial charge in [-0.25, -0.2) is 4.79 Å². The van der Waals surface area contributed by atoms with Crippen LogP contribution in [0.2, 0.25) is 0 Å². The number of hydrogen-bond donors (Lipinski definition) is 1. The molecule has 2 rings (SSSR count). The summed E-state index contributed by atoms with van der Waals surface area (Å²) in [5.41, 5.74) is 0.670. The summed E-state index contributed by atoms with van der Waals surface area (Å²) in [5.74, 6) is 0.705. The predicted octanol–water partition coefficient (Wildman–Crippen LogP) is 5.49. The lowest BCUT2D eigenvalue weighted by Gasteiger charge is -2.25. The van der Waals surface area contributed by atoms with Gasteiger partial charge in [-0.15, -0.1) is 12.4 Å². The molecule has 1 aliphatic rings. The largest absolute Gasteiger partial charge is 0.491 e. The molecule has 0 spiro atoms. The predicted molar refractivity (Wildman–Crippen MR) is 113 cm³/mol. The van der Waals surface area contributed by atoms with Crippen LogP contribution in [0.5, 0.6) is 5.75 Å². The maximum absolute atomic E-state index is 12.0. The van der Waals surface area contributed by atoms with Crippen molar-refractivity contribution in [3.05, 3.63) is 24.3 Å². The van der Waals surface area contributed by atoms with Gasteiger partial charge in [-0.1, -0.05) is 51.2 Å². The zero-order valence-corrected chi connectivity index (χ0v) is 17.4. The molecule has 1 fully saturated rings. The SMILES string of the molecule is CCCCCCCOc1ccccc1NC(=O)OCCN1CCCCC1.Cl. The second-order valence-electron chi connectivity index (χ2n) is 6.92. The molecular formula is C21H35ClN2O3. The second-order valence-corrected chi connectivity index (χ2v) is 6.92. The summed E-state index contributed by atoms with van der Waals surface area (Å²) in [6.45, 7) is 6.34. The lowest BCUT2D eigenvalue weighted by molar-refractivity contribution is 0.131. The first-order valence-corrected chi connectivity index (χ1v) is 10.2. The Morgan fingerprint density at radius 2 is 1.78 bits per heavy atom. The van der Waals surface area contributed by atoms with Gasteiger partial charge in [0.15, 0.2) is 0 Å². The first-order chi connectivity index (χ1) is 12.8. The lowest BCUT2D eigenvalue weighted by Crippen LogP contribution is -2.33. The summed E-state index contributed by atoms with van der Waals surface area (Å²) < 4.78 is 11.2. The molecule has 0 bridgehead atoms. The van der Waals surface area contributed by atoms with Gasteiger partial charge >= 0.3 is 6.09 Å². The highest BCUT2D eigenvalue weighted by molar-refractivity contribution is 5.86. The van der Waals surface area contributed by atoms with E-state index >= 15 is 0 Å². The van der Waals surface area contributed by atoms with E-state index in [0.29, 0.717) is 24.7 Å². The number of hydrogen-bond acceptors (Lipinski definition) is 4. The van der Waals surface area contributed by atoms with E-state index in [1.165, 1.54) is 44.9 Å². The van der Waals surface area contributed by atoms with Gasteiger partial charge in [0.1, 0.15) is 12.4 Å². The van der Waals surface area contributed by atoms with E-state index in [0.717, 1.165) is 26.1 Å². The Balaban J connectivity index is 0.00000364. The Kier molecular flexibility index (Phi) is 12.7. The number of halogens is 1. The molecule has 0 aromatic heterocycles. The van der Waals surface area contributed by atoms with Crippen LogP contribution in [-0.4, -0.2) is 43.8 Å². The average Bonchev–Trinajstić information content (AvgIpc) is 2.66. The zero-order chi connectivity index (χ0) is 18.5. The number of nitrogens with one attached hydrogen (secondary N) is 1. The van der Waals surface area contributed by atoms with Gasteiger partial charge < -0.3 is 9.47 Å². The first kappa shape index (κ1) is 23.6. The first-order valence-electron chi connectivity index (χ1n) is 10.2. The molecule has 1 amide bonds. The molecule has 154 valence electrons. The molecule has 1 saturated heterocycles. The third-order valence-corrected chi connectivity index (χ3v) is 4.72. The smallest absolute Gasteiger partial charge is 0.411 e. The number of para-hydroxylation sites is 2. The van der Waals surface area contributed by atoms with Crippen molar-refractivity contribution in [3.8, 4) is 5.75 Å². The zero-order valence-electron chi connectivity index (χ0n) is 16.6. The van der Waals surface area contributed by atoms with Crippen LogP contribution in [-0.2, 0) is 4.74 Å². The molecule has 0 unspecified atom stereocenters. The fourth-order valence-electron chi connectivity index (χ4n) is 3.18. The fraction of sp³-hybridized carbons (Fsp3) is 0.667. The van der Waals surface area contributed by atoms with Crippen LogP contribution in [0.25, 0.3) is 0 Å². The molecule has 1 aliphatic heterocycles. The molecule has 27 heavy (non-hydrogen) atoms. The van der Waals surface area contributed by atoms with Crippen LogP contribution < -0.4 is 10.1 Å². The minimum Gasteiger partial charge on any atom is -0.491 e. The van der Waals surface area contributed by atoms with Crippen molar-refractivity contribution < 1.29 is 14.3 Å². The number of carbonyl (C=O) groups excluding carboxylic acids is 1. The van der Waals surface area contributed by atoms with Crippen molar-refractivity contribution in [2.45, 2.75) is 58.3 Å². The number of ether oxygens (including phenoxy) is 2. The number of benzene rings is 1. The van der Waals surface area contributed by atoms with Crippen molar-refractivity contribution in [1.29, 1.82) is 0 Å². The normalized spacial score (nSPS) is 14.3. The summed E-state index contributed by atoms with van der Waals surface area (Å²) in [6.07, 6.45) is 9.38. The van der Waals surface area contributed by atoms with E-state index in [1.807, 2.05) is 24.3 Å². The van der Waals surface area contributed by atoms with Crippen molar-refractivity contribution in [2.24, 2.45) is 0 Å². The maximum atomic E-state index is 12.0. The minimum atomic E-state index is -0.416. The number of carbonyl (C=O) groups is 1. The number of nitrogens with zero attached hydrogens (tertiary/aromatic N) is 1. The molecular weight excluding hydrogens is 364 g/mol. The summed E-state index contributed by atoms with van der Waals surface area (Å²) in [7, 11) is 0. The van der Waals surface area contributed by atoms with E-state index < -0.39 is 6.09 Å². The van der Waals surface area contributed by atoms with Crippen LogP contribution in [0, 0.1) is 0 Å². The van der Waals surface area contributed by atoms with Crippen molar-refractivity contribution in [2.75, 3.05) is 38.2 Å². The molecule has 6 heteroatoms. The van der Waals surface area contributed by atoms with Crippen molar-refractivity contribution >= 4 is 24.2 Å². The fourth-order valence-corrected chi connectivity index (χ4v) is 3.18. The lowest BCUT2D eigenvalue weighted by atomic mass is 10.1. The molecule has 1 heterocycles. The Morgan fingerprint density at radius 1 is 1.04 bits per heavy atom. The molecule has 1 N–H and O–H groups in total. The van der Waals surface area contributed by atoms with Gasteiger partial charge in [0.25, 0.3) is 0 Å². The number of rotatable bonds is 11. The van der Waals surface area contributed by atoms with Crippen LogP contribution in [0.1, 0.15) is 58.3 Å². The number of amides is 1. The topological polar surface area (TPSA) is 50.8 Å². The van der Waals surface area contributed by atoms with Crippen LogP contribution in [0.4, 0.5) is 10.5 Å². The van der Waals surface area contributed by atoms with E-state index in [2.05, 4.69) is 17.1 Å². The summed E-state index contributed by atoms with van der Waals surface area (Å²) in [5, 5.41) is 2.80. The Hall–Kier alpha value is -1.46. The van der Waals surface area contributed by atoms with E-state index in [1.54, 1.807) is 0 Å².